The van der Waals surface area contributed by atoms with Crippen LogP contribution in [0.25, 0.3) is 0 Å². The highest BCUT2D eigenvalue weighted by Gasteiger charge is 2.54. The summed E-state index contributed by atoms with van der Waals surface area (Å²) in [6, 6.07) is 15.6. The van der Waals surface area contributed by atoms with E-state index in [1.54, 1.807) is 4.90 Å². The Kier molecular flexibility index (Phi) is 8.56. The van der Waals surface area contributed by atoms with Crippen molar-refractivity contribution < 1.29 is 27.9 Å². The smallest absolute Gasteiger partial charge is 0.308 e. The first-order valence-corrected chi connectivity index (χ1v) is 13.3. The van der Waals surface area contributed by atoms with Crippen molar-refractivity contribution >= 4 is 21.9 Å². The van der Waals surface area contributed by atoms with Gasteiger partial charge in [-0.3, -0.25) is 9.59 Å². The first-order chi connectivity index (χ1) is 16.6. The molecule has 1 heterocycles. The molecule has 0 aromatic heterocycles. The minimum atomic E-state index is -3.97. The molecule has 0 radical (unpaired) electrons. The number of nitrogens with zero attached hydrogens (tertiary/aromatic N) is 1. The number of carboxylic acids is 1. The first-order valence-electron chi connectivity index (χ1n) is 11.8. The molecule has 2 aromatic rings. The van der Waals surface area contributed by atoms with Crippen LogP contribution < -0.4 is 9.46 Å². The molecule has 0 spiro atoms. The molecule has 1 aliphatic heterocycles. The van der Waals surface area contributed by atoms with Gasteiger partial charge in [0.1, 0.15) is 5.75 Å². The Hall–Kier alpha value is -2.91. The zero-order valence-corrected chi connectivity index (χ0v) is 21.3. The average Bonchev–Trinajstić information content (AvgIpc) is 3.13. The molecule has 0 aliphatic carbocycles. The van der Waals surface area contributed by atoms with Crippen LogP contribution in [0.4, 0.5) is 0 Å². The number of carbonyl (C=O) groups is 2. The van der Waals surface area contributed by atoms with Crippen molar-refractivity contribution in [3.63, 3.8) is 0 Å². The largest absolute Gasteiger partial charge is 0.497 e. The lowest BCUT2D eigenvalue weighted by atomic mass is 9.69. The Morgan fingerprint density at radius 1 is 1.14 bits per heavy atom. The molecule has 1 saturated heterocycles. The minimum absolute atomic E-state index is 0.00239. The fourth-order valence-electron chi connectivity index (χ4n) is 4.91. The minimum Gasteiger partial charge on any atom is -0.497 e. The van der Waals surface area contributed by atoms with Crippen molar-refractivity contribution in [2.45, 2.75) is 38.0 Å². The second-order valence-corrected chi connectivity index (χ2v) is 11.2. The van der Waals surface area contributed by atoms with E-state index in [1.807, 2.05) is 44.2 Å². The average molecular weight is 503 g/mol. The van der Waals surface area contributed by atoms with Gasteiger partial charge in [-0.2, -0.15) is 0 Å². The topological polar surface area (TPSA) is 113 Å². The molecule has 1 aliphatic rings. The van der Waals surface area contributed by atoms with Crippen LogP contribution >= 0.6 is 0 Å². The van der Waals surface area contributed by atoms with E-state index in [-0.39, 0.29) is 23.3 Å². The molecule has 2 N–H and O–H groups in total. The van der Waals surface area contributed by atoms with E-state index in [9.17, 15) is 23.1 Å². The van der Waals surface area contributed by atoms with Crippen molar-refractivity contribution in [3.05, 3.63) is 60.2 Å². The standard InChI is InChI=1S/C26H34N2O6S/c1-19(2)17-26(14-16-28(25(26)31)15-13-20-7-5-4-6-8-20)23(24(29)30)18-27-35(32,33)22-11-9-21(34-3)10-12-22/h4-12,19,23,27H,13-18H2,1-3H3,(H,29,30). The third-order valence-corrected chi connectivity index (χ3v) is 8.08. The first kappa shape index (κ1) is 26.7. The Balaban J connectivity index is 1.80. The normalized spacial score (nSPS) is 19.2. The maximum atomic E-state index is 13.7. The fourth-order valence-corrected chi connectivity index (χ4v) is 5.96. The number of methoxy groups -OCH3 is 1. The van der Waals surface area contributed by atoms with Crippen LogP contribution in [0, 0.1) is 17.3 Å². The summed E-state index contributed by atoms with van der Waals surface area (Å²) < 4.78 is 33.2. The van der Waals surface area contributed by atoms with E-state index in [1.165, 1.54) is 31.4 Å². The molecule has 0 saturated carbocycles. The van der Waals surface area contributed by atoms with E-state index in [4.69, 9.17) is 4.74 Å². The number of sulfonamides is 1. The van der Waals surface area contributed by atoms with Crippen LogP contribution in [0.5, 0.6) is 5.75 Å². The number of carbonyl (C=O) groups excluding carboxylic acids is 1. The van der Waals surface area contributed by atoms with Gasteiger partial charge >= 0.3 is 5.97 Å². The fraction of sp³-hybridized carbons (Fsp3) is 0.462. The summed E-state index contributed by atoms with van der Waals surface area (Å²) in [5.74, 6) is -2.00. The molecule has 1 amide bonds. The highest BCUT2D eigenvalue weighted by molar-refractivity contribution is 7.89. The predicted molar refractivity (Wildman–Crippen MR) is 133 cm³/mol. The molecular formula is C26H34N2O6S. The number of hydrogen-bond acceptors (Lipinski definition) is 5. The summed E-state index contributed by atoms with van der Waals surface area (Å²) in [4.78, 5) is 27.8. The van der Waals surface area contributed by atoms with Crippen molar-refractivity contribution in [2.75, 3.05) is 26.7 Å². The lowest BCUT2D eigenvalue weighted by Crippen LogP contribution is -2.49. The number of hydrogen-bond donors (Lipinski definition) is 2. The van der Waals surface area contributed by atoms with Gasteiger partial charge in [0.15, 0.2) is 0 Å². The van der Waals surface area contributed by atoms with Crippen LogP contribution in [-0.2, 0) is 26.0 Å². The zero-order valence-electron chi connectivity index (χ0n) is 20.4. The van der Waals surface area contributed by atoms with Crippen LogP contribution in [0.15, 0.2) is 59.5 Å². The van der Waals surface area contributed by atoms with Gasteiger partial charge in [-0.05, 0) is 55.0 Å². The van der Waals surface area contributed by atoms with Gasteiger partial charge in [0, 0.05) is 19.6 Å². The van der Waals surface area contributed by atoms with E-state index in [0.29, 0.717) is 38.1 Å². The molecule has 3 rings (SSSR count). The maximum absolute atomic E-state index is 13.7. The number of aliphatic carboxylic acids is 1. The molecule has 0 bridgehead atoms. The van der Waals surface area contributed by atoms with Crippen LogP contribution in [0.2, 0.25) is 0 Å². The Bertz CT molecular complexity index is 1120. The number of carboxylic acid groups (broad SMARTS) is 1. The van der Waals surface area contributed by atoms with Gasteiger partial charge in [0.2, 0.25) is 15.9 Å². The van der Waals surface area contributed by atoms with Gasteiger partial charge < -0.3 is 14.7 Å². The van der Waals surface area contributed by atoms with Crippen molar-refractivity contribution in [3.8, 4) is 5.75 Å². The van der Waals surface area contributed by atoms with Crippen LogP contribution in [-0.4, -0.2) is 57.0 Å². The summed E-state index contributed by atoms with van der Waals surface area (Å²) in [7, 11) is -2.49. The second-order valence-electron chi connectivity index (χ2n) is 9.45. The molecule has 35 heavy (non-hydrogen) atoms. The third-order valence-electron chi connectivity index (χ3n) is 6.64. The van der Waals surface area contributed by atoms with Gasteiger partial charge in [0.25, 0.3) is 0 Å². The number of likely N-dealkylation sites (tertiary alicyclic amines) is 1. The third kappa shape index (κ3) is 6.21. The summed E-state index contributed by atoms with van der Waals surface area (Å²) in [6.07, 6.45) is 1.42. The molecule has 2 atom stereocenters. The molecule has 9 heteroatoms. The monoisotopic (exact) mass is 502 g/mol. The van der Waals surface area contributed by atoms with E-state index < -0.39 is 27.3 Å². The Morgan fingerprint density at radius 3 is 2.37 bits per heavy atom. The quantitative estimate of drug-likeness (QED) is 0.461. The van der Waals surface area contributed by atoms with Gasteiger partial charge in [0.05, 0.1) is 23.3 Å². The molecule has 8 nitrogen and oxygen atoms in total. The Labute approximate surface area is 207 Å². The molecular weight excluding hydrogens is 468 g/mol. The van der Waals surface area contributed by atoms with E-state index >= 15 is 0 Å². The number of benzene rings is 2. The van der Waals surface area contributed by atoms with Gasteiger partial charge in [-0.15, -0.1) is 0 Å². The second kappa shape index (κ2) is 11.2. The summed E-state index contributed by atoms with van der Waals surface area (Å²) in [5.41, 5.74) is -0.0669. The Morgan fingerprint density at radius 2 is 1.80 bits per heavy atom. The van der Waals surface area contributed by atoms with Crippen molar-refractivity contribution in [1.29, 1.82) is 0 Å². The lowest BCUT2D eigenvalue weighted by molar-refractivity contribution is -0.154. The van der Waals surface area contributed by atoms with E-state index in [0.717, 1.165) is 5.56 Å². The number of ether oxygens (including phenoxy) is 1. The molecule has 1 fully saturated rings. The zero-order chi connectivity index (χ0) is 25.6. The molecule has 190 valence electrons. The molecule has 2 unspecified atom stereocenters. The SMILES string of the molecule is COc1ccc(S(=O)(=O)NCC(C(=O)O)C2(CC(C)C)CCN(CCc3ccccc3)C2=O)cc1. The predicted octanol–water partition coefficient (Wildman–Crippen LogP) is 3.18. The number of nitrogens with one attached hydrogen (secondary N) is 1. The summed E-state index contributed by atoms with van der Waals surface area (Å²) in [6.45, 7) is 4.47. The van der Waals surface area contributed by atoms with Crippen molar-refractivity contribution in [1.82, 2.24) is 9.62 Å². The summed E-state index contributed by atoms with van der Waals surface area (Å²) >= 11 is 0. The number of amides is 1. The van der Waals surface area contributed by atoms with Crippen LogP contribution in [0.1, 0.15) is 32.3 Å². The molecule has 2 aromatic carbocycles. The summed E-state index contributed by atoms with van der Waals surface area (Å²) in [5, 5.41) is 10.1. The van der Waals surface area contributed by atoms with E-state index in [2.05, 4.69) is 4.72 Å². The lowest BCUT2D eigenvalue weighted by Gasteiger charge is -2.35. The number of rotatable bonds is 12. The van der Waals surface area contributed by atoms with Crippen LogP contribution in [0.3, 0.4) is 0 Å². The highest BCUT2D eigenvalue weighted by Crippen LogP contribution is 2.44. The highest BCUT2D eigenvalue weighted by atomic mass is 32.2. The van der Waals surface area contributed by atoms with Gasteiger partial charge in [-0.1, -0.05) is 44.2 Å². The maximum Gasteiger partial charge on any atom is 0.308 e. The van der Waals surface area contributed by atoms with Gasteiger partial charge in [-0.25, -0.2) is 13.1 Å². The van der Waals surface area contributed by atoms with Crippen molar-refractivity contribution in [2.24, 2.45) is 17.3 Å².